The van der Waals surface area contributed by atoms with E-state index in [2.05, 4.69) is 112 Å². The van der Waals surface area contributed by atoms with Gasteiger partial charge in [0.25, 0.3) is 0 Å². The molecule has 0 unspecified atom stereocenters. The molecular weight excluding hydrogens is 877 g/mol. The van der Waals surface area contributed by atoms with E-state index in [9.17, 15) is 14.4 Å². The summed E-state index contributed by atoms with van der Waals surface area (Å²) >= 11 is 0. The summed E-state index contributed by atoms with van der Waals surface area (Å²) in [5.41, 5.74) is 0. The Morgan fingerprint density at radius 3 is 0.901 bits per heavy atom. The van der Waals surface area contributed by atoms with Gasteiger partial charge in [-0.3, -0.25) is 14.4 Å². The summed E-state index contributed by atoms with van der Waals surface area (Å²) in [6.07, 6.45) is 78.3. The van der Waals surface area contributed by atoms with Gasteiger partial charge < -0.3 is 14.2 Å². The zero-order valence-electron chi connectivity index (χ0n) is 46.5. The molecule has 0 fully saturated rings. The van der Waals surface area contributed by atoms with E-state index in [4.69, 9.17) is 14.2 Å². The lowest BCUT2D eigenvalue weighted by Crippen LogP contribution is -2.30. The number of rotatable bonds is 53. The second-order valence-corrected chi connectivity index (χ2v) is 19.6. The molecule has 0 rings (SSSR count). The molecule has 0 N–H and O–H groups in total. The second kappa shape index (κ2) is 58.9. The van der Waals surface area contributed by atoms with Crippen LogP contribution in [0.1, 0.15) is 278 Å². The zero-order valence-corrected chi connectivity index (χ0v) is 46.5. The molecule has 0 aromatic rings. The molecule has 0 radical (unpaired) electrons. The molecule has 0 saturated heterocycles. The van der Waals surface area contributed by atoms with Gasteiger partial charge in [-0.2, -0.15) is 0 Å². The molecule has 0 aromatic heterocycles. The Kier molecular flexibility index (Phi) is 55.9. The first-order valence-corrected chi connectivity index (χ1v) is 29.7. The summed E-state index contributed by atoms with van der Waals surface area (Å²) in [6.45, 7) is 6.52. The van der Waals surface area contributed by atoms with Crippen molar-refractivity contribution in [3.8, 4) is 0 Å². The van der Waals surface area contributed by atoms with Crippen molar-refractivity contribution in [1.82, 2.24) is 0 Å². The van der Waals surface area contributed by atoms with Crippen LogP contribution < -0.4 is 0 Å². The van der Waals surface area contributed by atoms with Crippen molar-refractivity contribution in [2.45, 2.75) is 284 Å². The van der Waals surface area contributed by atoms with E-state index in [1.807, 2.05) is 6.08 Å². The minimum absolute atomic E-state index is 0.108. The molecule has 6 heteroatoms. The van der Waals surface area contributed by atoms with E-state index in [1.165, 1.54) is 141 Å². The van der Waals surface area contributed by atoms with E-state index in [1.54, 1.807) is 0 Å². The van der Waals surface area contributed by atoms with Gasteiger partial charge in [-0.15, -0.1) is 0 Å². The van der Waals surface area contributed by atoms with Gasteiger partial charge in [-0.1, -0.05) is 259 Å². The average molecular weight is 988 g/mol. The molecule has 406 valence electrons. The average Bonchev–Trinajstić information content (AvgIpc) is 3.37. The second-order valence-electron chi connectivity index (χ2n) is 19.6. The highest BCUT2D eigenvalue weighted by molar-refractivity contribution is 5.71. The van der Waals surface area contributed by atoms with Crippen molar-refractivity contribution in [3.05, 3.63) is 97.2 Å². The van der Waals surface area contributed by atoms with Crippen molar-refractivity contribution >= 4 is 17.9 Å². The number of hydrogen-bond acceptors (Lipinski definition) is 6. The first-order chi connectivity index (χ1) is 35.0. The number of allylic oxidation sites excluding steroid dienone is 16. The van der Waals surface area contributed by atoms with Gasteiger partial charge in [0.15, 0.2) is 6.10 Å². The van der Waals surface area contributed by atoms with Crippen LogP contribution in [0.15, 0.2) is 97.2 Å². The SMILES string of the molecule is CCCCC/C=C\C/C=C\C/C=C\C/C=C\C/C=C\CCC(=O)OC[C@H](COC(=O)CCCCCCCCCCCCCCCCCCC)OC(=O)CCCCCC/C=C\C/C=C\C/C=C\CCCCC. The van der Waals surface area contributed by atoms with Crippen LogP contribution in [0.4, 0.5) is 0 Å². The van der Waals surface area contributed by atoms with Crippen molar-refractivity contribution in [2.75, 3.05) is 13.2 Å². The standard InChI is InChI=1S/C65H110O6/c1-4-7-10-13-16-19-22-25-28-31-32-35-37-40-43-46-49-52-55-58-64(67)70-61-62(71-65(68)59-56-53-50-47-44-41-38-34-30-27-24-21-18-15-12-9-6-3)60-69-63(66)57-54-51-48-45-42-39-36-33-29-26-23-20-17-14-11-8-5-2/h16,18-19,21,25,27-28,30,32,35,38,40-41,43,49,52,62H,4-15,17,20,22-24,26,29,31,33-34,36-37,39,42,44-48,50-51,53-61H2,1-3H3/b19-16-,21-18-,28-25-,30-27-,35-32-,41-38-,43-40-,52-49-/t62-/m0/s1. The quantitative estimate of drug-likeness (QED) is 0.0261. The molecule has 1 atom stereocenters. The molecule has 0 aliphatic carbocycles. The van der Waals surface area contributed by atoms with Crippen LogP contribution in [0.25, 0.3) is 0 Å². The van der Waals surface area contributed by atoms with Crippen molar-refractivity contribution in [2.24, 2.45) is 0 Å². The van der Waals surface area contributed by atoms with Crippen LogP contribution >= 0.6 is 0 Å². The Morgan fingerprint density at radius 1 is 0.282 bits per heavy atom. The predicted octanol–water partition coefficient (Wildman–Crippen LogP) is 20.1. The molecule has 0 aliphatic rings. The van der Waals surface area contributed by atoms with Crippen molar-refractivity contribution in [1.29, 1.82) is 0 Å². The van der Waals surface area contributed by atoms with Gasteiger partial charge >= 0.3 is 17.9 Å². The third-order valence-electron chi connectivity index (χ3n) is 12.6. The Labute approximate surface area is 438 Å². The highest BCUT2D eigenvalue weighted by Crippen LogP contribution is 2.15. The summed E-state index contributed by atoms with van der Waals surface area (Å²) in [7, 11) is 0. The van der Waals surface area contributed by atoms with Gasteiger partial charge in [-0.05, 0) is 96.3 Å². The molecule has 71 heavy (non-hydrogen) atoms. The van der Waals surface area contributed by atoms with E-state index >= 15 is 0 Å². The Hall–Kier alpha value is -3.67. The Bertz CT molecular complexity index is 1410. The molecule has 6 nitrogen and oxygen atoms in total. The third kappa shape index (κ3) is 57.1. The zero-order chi connectivity index (χ0) is 51.4. The lowest BCUT2D eigenvalue weighted by molar-refractivity contribution is -0.166. The summed E-state index contributed by atoms with van der Waals surface area (Å²) < 4.78 is 16.8. The number of carbonyl (C=O) groups excluding carboxylic acids is 3. The fourth-order valence-electron chi connectivity index (χ4n) is 8.08. The minimum Gasteiger partial charge on any atom is -0.462 e. The normalized spacial score (nSPS) is 12.8. The van der Waals surface area contributed by atoms with Crippen LogP contribution in [0, 0.1) is 0 Å². The van der Waals surface area contributed by atoms with Gasteiger partial charge in [-0.25, -0.2) is 0 Å². The lowest BCUT2D eigenvalue weighted by Gasteiger charge is -2.18. The molecule has 0 aliphatic heterocycles. The fourth-order valence-corrected chi connectivity index (χ4v) is 8.08. The van der Waals surface area contributed by atoms with E-state index < -0.39 is 6.10 Å². The Balaban J connectivity index is 4.52. The maximum absolute atomic E-state index is 12.9. The minimum atomic E-state index is -0.819. The lowest BCUT2D eigenvalue weighted by atomic mass is 10.0. The topological polar surface area (TPSA) is 78.9 Å². The van der Waals surface area contributed by atoms with Crippen LogP contribution in [-0.4, -0.2) is 37.2 Å². The van der Waals surface area contributed by atoms with Crippen LogP contribution in [0.3, 0.4) is 0 Å². The molecule has 0 heterocycles. The Morgan fingerprint density at radius 2 is 0.535 bits per heavy atom. The molecule has 0 amide bonds. The summed E-state index contributed by atoms with van der Waals surface area (Å²) in [5, 5.41) is 0. The highest BCUT2D eigenvalue weighted by Gasteiger charge is 2.19. The first kappa shape index (κ1) is 67.3. The van der Waals surface area contributed by atoms with Gasteiger partial charge in [0.05, 0.1) is 0 Å². The smallest absolute Gasteiger partial charge is 0.306 e. The predicted molar refractivity (Wildman–Crippen MR) is 307 cm³/mol. The van der Waals surface area contributed by atoms with Crippen molar-refractivity contribution < 1.29 is 28.6 Å². The van der Waals surface area contributed by atoms with Crippen LogP contribution in [0.2, 0.25) is 0 Å². The maximum atomic E-state index is 12.9. The summed E-state index contributed by atoms with van der Waals surface area (Å²) in [5.74, 6) is -1.01. The van der Waals surface area contributed by atoms with Crippen LogP contribution in [-0.2, 0) is 28.6 Å². The van der Waals surface area contributed by atoms with Gasteiger partial charge in [0.2, 0.25) is 0 Å². The molecule has 0 spiro atoms. The highest BCUT2D eigenvalue weighted by atomic mass is 16.6. The molecule has 0 aromatic carbocycles. The molecule has 0 saturated carbocycles. The number of carbonyl (C=O) groups is 3. The maximum Gasteiger partial charge on any atom is 0.306 e. The van der Waals surface area contributed by atoms with Gasteiger partial charge in [0.1, 0.15) is 13.2 Å². The number of esters is 3. The van der Waals surface area contributed by atoms with Crippen LogP contribution in [0.5, 0.6) is 0 Å². The third-order valence-corrected chi connectivity index (χ3v) is 12.6. The van der Waals surface area contributed by atoms with E-state index in [0.717, 1.165) is 89.9 Å². The molecular formula is C65H110O6. The molecule has 0 bridgehead atoms. The number of unbranched alkanes of at least 4 members (excludes halogenated alkanes) is 26. The van der Waals surface area contributed by atoms with E-state index in [0.29, 0.717) is 12.8 Å². The summed E-state index contributed by atoms with van der Waals surface area (Å²) in [4.78, 5) is 38.2. The monoisotopic (exact) mass is 987 g/mol. The largest absolute Gasteiger partial charge is 0.462 e. The number of hydrogen-bond donors (Lipinski definition) is 0. The fraction of sp³-hybridized carbons (Fsp3) is 0.708. The number of ether oxygens (including phenoxy) is 3. The summed E-state index contributed by atoms with van der Waals surface area (Å²) in [6, 6.07) is 0. The first-order valence-electron chi connectivity index (χ1n) is 29.7. The van der Waals surface area contributed by atoms with E-state index in [-0.39, 0.29) is 44.0 Å². The van der Waals surface area contributed by atoms with Crippen molar-refractivity contribution in [3.63, 3.8) is 0 Å². The van der Waals surface area contributed by atoms with Gasteiger partial charge in [0, 0.05) is 19.3 Å².